The number of halogens is 2. The second-order valence-electron chi connectivity index (χ2n) is 4.52. The molecule has 1 aliphatic rings. The number of alkyl halides is 1. The molecule has 1 N–H and O–H groups in total. The minimum atomic E-state index is -0.569. The largest absolute Gasteiger partial charge is 0.351 e. The van der Waals surface area contributed by atoms with Crippen LogP contribution in [0.15, 0.2) is 18.2 Å². The lowest BCUT2D eigenvalue weighted by Crippen LogP contribution is -2.30. The Labute approximate surface area is 123 Å². The molecule has 0 saturated heterocycles. The number of nitro groups is 1. The molecule has 2 rings (SSSR count). The van der Waals surface area contributed by atoms with E-state index in [1.807, 2.05) is 0 Å². The van der Waals surface area contributed by atoms with Gasteiger partial charge in [0.05, 0.1) is 4.92 Å². The lowest BCUT2D eigenvalue weighted by Gasteiger charge is -2.10. The smallest absolute Gasteiger partial charge is 0.271 e. The van der Waals surface area contributed by atoms with Crippen LogP contribution in [0.3, 0.4) is 0 Å². The van der Waals surface area contributed by atoms with Crippen LogP contribution in [0.2, 0.25) is 5.02 Å². The van der Waals surface area contributed by atoms with E-state index in [4.69, 9.17) is 11.6 Å². The minimum absolute atomic E-state index is 0.178. The van der Waals surface area contributed by atoms with Crippen LogP contribution >= 0.6 is 27.5 Å². The van der Waals surface area contributed by atoms with E-state index in [-0.39, 0.29) is 27.0 Å². The topological polar surface area (TPSA) is 72.2 Å². The van der Waals surface area contributed by atoms with Crippen LogP contribution in [0.5, 0.6) is 0 Å². The number of nitro benzene ring substituents is 1. The van der Waals surface area contributed by atoms with E-state index < -0.39 is 4.92 Å². The van der Waals surface area contributed by atoms with Crippen molar-refractivity contribution in [1.82, 2.24) is 5.32 Å². The number of hydrogen-bond acceptors (Lipinski definition) is 3. The molecule has 0 spiro atoms. The molecule has 1 aliphatic carbocycles. The molecule has 1 fully saturated rings. The average molecular weight is 348 g/mol. The van der Waals surface area contributed by atoms with Gasteiger partial charge >= 0.3 is 0 Å². The first-order chi connectivity index (χ1) is 8.97. The number of carbonyl (C=O) groups excluding carboxylic acids is 1. The first-order valence-electron chi connectivity index (χ1n) is 5.84. The molecule has 1 amide bonds. The fraction of sp³-hybridized carbons (Fsp3) is 0.417. The van der Waals surface area contributed by atoms with Gasteiger partial charge in [0.1, 0.15) is 0 Å². The Morgan fingerprint density at radius 3 is 2.79 bits per heavy atom. The molecule has 5 nitrogen and oxygen atoms in total. The van der Waals surface area contributed by atoms with Crippen molar-refractivity contribution < 1.29 is 9.72 Å². The summed E-state index contributed by atoms with van der Waals surface area (Å²) in [5.41, 5.74) is 0.0185. The lowest BCUT2D eigenvalue weighted by molar-refractivity contribution is -0.384. The van der Waals surface area contributed by atoms with Crippen molar-refractivity contribution in [2.75, 3.05) is 6.54 Å². The van der Waals surface area contributed by atoms with Crippen molar-refractivity contribution >= 4 is 39.1 Å². The van der Waals surface area contributed by atoms with Crippen molar-refractivity contribution in [2.24, 2.45) is 5.92 Å². The summed E-state index contributed by atoms with van der Waals surface area (Å²) in [6.45, 7) is 0.504. The summed E-state index contributed by atoms with van der Waals surface area (Å²) in [6.07, 6.45) is 2.35. The van der Waals surface area contributed by atoms with E-state index in [1.54, 1.807) is 0 Å². The summed E-state index contributed by atoms with van der Waals surface area (Å²) in [5.74, 6) is 0.268. The zero-order valence-corrected chi connectivity index (χ0v) is 12.3. The Hall–Kier alpha value is -1.14. The molecule has 1 aromatic rings. The van der Waals surface area contributed by atoms with Crippen molar-refractivity contribution in [3.05, 3.63) is 38.9 Å². The fourth-order valence-corrected chi connectivity index (χ4v) is 2.65. The summed E-state index contributed by atoms with van der Waals surface area (Å²) in [4.78, 5) is 22.3. The molecule has 0 bridgehead atoms. The maximum absolute atomic E-state index is 11.9. The summed E-state index contributed by atoms with van der Waals surface area (Å²) in [5, 5.41) is 13.6. The number of rotatable bonds is 5. The van der Waals surface area contributed by atoms with E-state index in [9.17, 15) is 14.9 Å². The molecule has 1 aromatic carbocycles. The van der Waals surface area contributed by atoms with Crippen LogP contribution in [0.25, 0.3) is 0 Å². The number of hydrogen-bond donors (Lipinski definition) is 1. The van der Waals surface area contributed by atoms with Gasteiger partial charge in [0.25, 0.3) is 11.6 Å². The van der Waals surface area contributed by atoms with E-state index in [1.165, 1.54) is 31.0 Å². The number of non-ortho nitro benzene ring substituents is 1. The monoisotopic (exact) mass is 346 g/mol. The van der Waals surface area contributed by atoms with Crippen molar-refractivity contribution in [3.63, 3.8) is 0 Å². The highest BCUT2D eigenvalue weighted by Gasteiger charge is 2.29. The van der Waals surface area contributed by atoms with Gasteiger partial charge in [-0.15, -0.1) is 0 Å². The Balaban J connectivity index is 2.03. The highest BCUT2D eigenvalue weighted by atomic mass is 79.9. The quantitative estimate of drug-likeness (QED) is 0.505. The lowest BCUT2D eigenvalue weighted by atomic mass is 10.2. The molecule has 1 saturated carbocycles. The third-order valence-corrected chi connectivity index (χ3v) is 4.24. The van der Waals surface area contributed by atoms with Crippen LogP contribution in [0.4, 0.5) is 5.69 Å². The molecule has 102 valence electrons. The molecule has 1 unspecified atom stereocenters. The predicted octanol–water partition coefficient (Wildman–Crippen LogP) is 3.15. The van der Waals surface area contributed by atoms with Crippen molar-refractivity contribution in [2.45, 2.75) is 17.7 Å². The number of amides is 1. The highest BCUT2D eigenvalue weighted by Crippen LogP contribution is 2.36. The van der Waals surface area contributed by atoms with Crippen LogP contribution in [-0.2, 0) is 0 Å². The zero-order valence-electron chi connectivity index (χ0n) is 9.94. The molecule has 19 heavy (non-hydrogen) atoms. The standard InChI is InChI=1S/C12H12BrClN2O3/c13-11(7-1-2-7)6-15-12(17)8-3-9(14)5-10(4-8)16(18)19/h3-5,7,11H,1-2,6H2,(H,15,17). The van der Waals surface area contributed by atoms with Gasteiger partial charge in [0.15, 0.2) is 0 Å². The SMILES string of the molecule is O=C(NCC(Br)C1CC1)c1cc(Cl)cc([N+](=O)[O-])c1. The Morgan fingerprint density at radius 2 is 2.21 bits per heavy atom. The van der Waals surface area contributed by atoms with Gasteiger partial charge in [-0.2, -0.15) is 0 Å². The summed E-state index contributed by atoms with van der Waals surface area (Å²) in [7, 11) is 0. The van der Waals surface area contributed by atoms with E-state index in [0.29, 0.717) is 12.5 Å². The molecule has 0 radical (unpaired) electrons. The van der Waals surface area contributed by atoms with Gasteiger partial charge < -0.3 is 5.32 Å². The maximum Gasteiger partial charge on any atom is 0.271 e. The number of nitrogens with zero attached hydrogens (tertiary/aromatic N) is 1. The summed E-state index contributed by atoms with van der Waals surface area (Å²) in [6, 6.07) is 3.86. The highest BCUT2D eigenvalue weighted by molar-refractivity contribution is 9.09. The van der Waals surface area contributed by atoms with Gasteiger partial charge in [-0.1, -0.05) is 27.5 Å². The van der Waals surface area contributed by atoms with E-state index in [2.05, 4.69) is 21.2 Å². The number of benzene rings is 1. The van der Waals surface area contributed by atoms with Crippen LogP contribution in [-0.4, -0.2) is 22.2 Å². The first-order valence-corrected chi connectivity index (χ1v) is 7.14. The number of nitrogens with one attached hydrogen (secondary N) is 1. The molecular formula is C12H12BrClN2O3. The van der Waals surface area contributed by atoms with Crippen LogP contribution in [0, 0.1) is 16.0 Å². The zero-order chi connectivity index (χ0) is 14.0. The summed E-state index contributed by atoms with van der Waals surface area (Å²) >= 11 is 9.28. The Kier molecular flexibility index (Phi) is 4.42. The third-order valence-electron chi connectivity index (χ3n) is 2.95. The third kappa shape index (κ3) is 3.91. The van der Waals surface area contributed by atoms with Gasteiger partial charge in [-0.25, -0.2) is 0 Å². The second-order valence-corrected chi connectivity index (χ2v) is 6.13. The Morgan fingerprint density at radius 1 is 1.53 bits per heavy atom. The average Bonchev–Trinajstić information content (AvgIpc) is 3.18. The molecule has 1 atom stereocenters. The van der Waals surface area contributed by atoms with Crippen LogP contribution < -0.4 is 5.32 Å². The van der Waals surface area contributed by atoms with Crippen LogP contribution in [0.1, 0.15) is 23.2 Å². The molecular weight excluding hydrogens is 336 g/mol. The molecule has 0 aliphatic heterocycles. The number of carbonyl (C=O) groups is 1. The Bertz CT molecular complexity index is 520. The van der Waals surface area contributed by atoms with Gasteiger partial charge in [0.2, 0.25) is 0 Å². The molecule has 0 aromatic heterocycles. The van der Waals surface area contributed by atoms with Gasteiger partial charge in [0, 0.05) is 34.1 Å². The maximum atomic E-state index is 11.9. The normalized spacial score (nSPS) is 15.9. The van der Waals surface area contributed by atoms with Gasteiger partial charge in [-0.05, 0) is 24.8 Å². The first kappa shape index (κ1) is 14.3. The van der Waals surface area contributed by atoms with Crippen molar-refractivity contribution in [1.29, 1.82) is 0 Å². The molecule has 0 heterocycles. The second kappa shape index (κ2) is 5.88. The fourth-order valence-electron chi connectivity index (χ4n) is 1.73. The van der Waals surface area contributed by atoms with E-state index in [0.717, 1.165) is 0 Å². The van der Waals surface area contributed by atoms with Crippen molar-refractivity contribution in [3.8, 4) is 0 Å². The van der Waals surface area contributed by atoms with E-state index >= 15 is 0 Å². The summed E-state index contributed by atoms with van der Waals surface area (Å²) < 4.78 is 0. The molecule has 7 heteroatoms. The minimum Gasteiger partial charge on any atom is -0.351 e. The predicted molar refractivity (Wildman–Crippen MR) is 75.9 cm³/mol. The van der Waals surface area contributed by atoms with Gasteiger partial charge in [-0.3, -0.25) is 14.9 Å².